The van der Waals surface area contributed by atoms with Crippen molar-refractivity contribution in [3.63, 3.8) is 0 Å². The van der Waals surface area contributed by atoms with Gasteiger partial charge in [0.15, 0.2) is 0 Å². The number of ether oxygens (including phenoxy) is 2. The molecule has 1 aromatic carbocycles. The molecule has 0 radical (unpaired) electrons. The molecule has 0 saturated heterocycles. The highest BCUT2D eigenvalue weighted by Gasteiger charge is 2.24. The number of anilines is 1. The van der Waals surface area contributed by atoms with E-state index in [0.717, 1.165) is 25.7 Å². The molecule has 4 N–H and O–H groups in total. The van der Waals surface area contributed by atoms with Gasteiger partial charge in [0.25, 0.3) is 0 Å². The summed E-state index contributed by atoms with van der Waals surface area (Å²) in [5.74, 6) is 0.560. The summed E-state index contributed by atoms with van der Waals surface area (Å²) >= 11 is 0. The van der Waals surface area contributed by atoms with Crippen molar-refractivity contribution in [1.29, 1.82) is 0 Å². The lowest BCUT2D eigenvalue weighted by molar-refractivity contribution is -0.118. The Labute approximate surface area is 137 Å². The number of hydrogen-bond donors (Lipinski definition) is 3. The fourth-order valence-corrected chi connectivity index (χ4v) is 2.69. The number of aliphatic hydroxyl groups is 1. The number of rotatable bonds is 7. The minimum Gasteiger partial charge on any atom is -0.488 e. The van der Waals surface area contributed by atoms with Crippen LogP contribution in [0.25, 0.3) is 0 Å². The third-order valence-electron chi connectivity index (χ3n) is 4.10. The van der Waals surface area contributed by atoms with Crippen LogP contribution in [0.2, 0.25) is 0 Å². The van der Waals surface area contributed by atoms with Crippen molar-refractivity contribution in [1.82, 2.24) is 0 Å². The predicted octanol–water partition coefficient (Wildman–Crippen LogP) is 1.67. The van der Waals surface area contributed by atoms with Gasteiger partial charge in [0.05, 0.1) is 18.6 Å². The molecule has 1 aliphatic rings. The maximum Gasteiger partial charge on any atom is 0.227 e. The molecule has 23 heavy (non-hydrogen) atoms. The molecular weight excluding hydrogens is 296 g/mol. The van der Waals surface area contributed by atoms with Crippen LogP contribution in [0.3, 0.4) is 0 Å². The van der Waals surface area contributed by atoms with Gasteiger partial charge >= 0.3 is 0 Å². The van der Waals surface area contributed by atoms with E-state index in [9.17, 15) is 9.90 Å². The lowest BCUT2D eigenvalue weighted by Crippen LogP contribution is -2.34. The van der Waals surface area contributed by atoms with Crippen LogP contribution in [0.15, 0.2) is 24.3 Å². The van der Waals surface area contributed by atoms with E-state index in [-0.39, 0.29) is 24.5 Å². The van der Waals surface area contributed by atoms with Gasteiger partial charge in [-0.3, -0.25) is 4.79 Å². The van der Waals surface area contributed by atoms with Crippen LogP contribution in [0, 0.1) is 0 Å². The molecule has 1 aromatic rings. The maximum atomic E-state index is 11.9. The zero-order chi connectivity index (χ0) is 16.7. The number of benzene rings is 1. The van der Waals surface area contributed by atoms with Crippen molar-refractivity contribution in [3.05, 3.63) is 24.3 Å². The van der Waals surface area contributed by atoms with Crippen molar-refractivity contribution in [2.75, 3.05) is 19.0 Å². The van der Waals surface area contributed by atoms with E-state index in [4.69, 9.17) is 15.2 Å². The summed E-state index contributed by atoms with van der Waals surface area (Å²) in [5.41, 5.74) is 6.20. The summed E-state index contributed by atoms with van der Waals surface area (Å²) in [4.78, 5) is 11.9. The van der Waals surface area contributed by atoms with Crippen LogP contribution >= 0.6 is 0 Å². The minimum atomic E-state index is -0.398. The second-order valence-electron chi connectivity index (χ2n) is 5.88. The number of hydrogen-bond acceptors (Lipinski definition) is 5. The normalized spacial score (nSPS) is 22.4. The Hall–Kier alpha value is -1.63. The van der Waals surface area contributed by atoms with Gasteiger partial charge in [-0.1, -0.05) is 6.42 Å². The van der Waals surface area contributed by atoms with Gasteiger partial charge in [0.2, 0.25) is 5.91 Å². The Bertz CT molecular complexity index is 488. The molecule has 0 aliphatic heterocycles. The second-order valence-corrected chi connectivity index (χ2v) is 5.88. The third kappa shape index (κ3) is 5.49. The molecule has 0 bridgehead atoms. The average Bonchev–Trinajstić information content (AvgIpc) is 2.56. The Kier molecular flexibility index (Phi) is 6.83. The van der Waals surface area contributed by atoms with E-state index < -0.39 is 6.10 Å². The maximum absolute atomic E-state index is 11.9. The lowest BCUT2D eigenvalue weighted by Gasteiger charge is -2.28. The van der Waals surface area contributed by atoms with Crippen LogP contribution in [0.5, 0.6) is 5.75 Å². The first-order valence-corrected chi connectivity index (χ1v) is 8.10. The van der Waals surface area contributed by atoms with E-state index in [0.29, 0.717) is 18.0 Å². The van der Waals surface area contributed by atoms with E-state index in [1.54, 1.807) is 24.3 Å². The number of methoxy groups -OCH3 is 1. The largest absolute Gasteiger partial charge is 0.488 e. The zero-order valence-corrected chi connectivity index (χ0v) is 13.5. The number of amides is 1. The zero-order valence-electron chi connectivity index (χ0n) is 13.5. The van der Waals surface area contributed by atoms with Crippen molar-refractivity contribution < 1.29 is 19.4 Å². The summed E-state index contributed by atoms with van der Waals surface area (Å²) in [6, 6.07) is 7.17. The molecule has 3 unspecified atom stereocenters. The first-order chi connectivity index (χ1) is 11.1. The van der Waals surface area contributed by atoms with Gasteiger partial charge < -0.3 is 25.6 Å². The topological polar surface area (TPSA) is 93.8 Å². The standard InChI is InChI=1S/C17H26N2O4/c1-22-14(11-18)10-17(21)19-12-6-8-13(9-7-12)23-16-5-3-2-4-15(16)20/h6-9,14-16,20H,2-5,10-11,18H2,1H3,(H,19,21). The molecule has 1 fully saturated rings. The smallest absolute Gasteiger partial charge is 0.227 e. The molecule has 0 heterocycles. The van der Waals surface area contributed by atoms with Gasteiger partial charge in [-0.15, -0.1) is 0 Å². The number of nitrogens with two attached hydrogens (primary N) is 1. The first-order valence-electron chi connectivity index (χ1n) is 8.10. The Balaban J connectivity index is 1.85. The van der Waals surface area contributed by atoms with E-state index in [1.165, 1.54) is 7.11 Å². The summed E-state index contributed by atoms with van der Waals surface area (Å²) in [7, 11) is 1.54. The van der Waals surface area contributed by atoms with Crippen molar-refractivity contribution in [2.45, 2.75) is 50.4 Å². The van der Waals surface area contributed by atoms with Crippen LogP contribution in [0.4, 0.5) is 5.69 Å². The average molecular weight is 322 g/mol. The van der Waals surface area contributed by atoms with Crippen LogP contribution in [-0.4, -0.2) is 43.0 Å². The highest BCUT2D eigenvalue weighted by atomic mass is 16.5. The molecule has 3 atom stereocenters. The van der Waals surface area contributed by atoms with Crippen molar-refractivity contribution >= 4 is 11.6 Å². The molecule has 128 valence electrons. The fourth-order valence-electron chi connectivity index (χ4n) is 2.69. The Morgan fingerprint density at radius 2 is 2.04 bits per heavy atom. The van der Waals surface area contributed by atoms with Crippen LogP contribution in [0.1, 0.15) is 32.1 Å². The monoisotopic (exact) mass is 322 g/mol. The SMILES string of the molecule is COC(CN)CC(=O)Nc1ccc(OC2CCCCC2O)cc1. The molecule has 0 aromatic heterocycles. The molecule has 2 rings (SSSR count). The van der Waals surface area contributed by atoms with Gasteiger partial charge in [0.1, 0.15) is 11.9 Å². The number of carbonyl (C=O) groups excluding carboxylic acids is 1. The molecule has 1 amide bonds. The van der Waals surface area contributed by atoms with Crippen LogP contribution in [-0.2, 0) is 9.53 Å². The summed E-state index contributed by atoms with van der Waals surface area (Å²) < 4.78 is 10.9. The highest BCUT2D eigenvalue weighted by molar-refractivity contribution is 5.91. The second kappa shape index (κ2) is 8.86. The fraction of sp³-hybridized carbons (Fsp3) is 0.588. The van der Waals surface area contributed by atoms with E-state index in [2.05, 4.69) is 5.32 Å². The number of nitrogens with one attached hydrogen (secondary N) is 1. The Morgan fingerprint density at radius 1 is 1.35 bits per heavy atom. The minimum absolute atomic E-state index is 0.140. The van der Waals surface area contributed by atoms with Gasteiger partial charge in [0, 0.05) is 19.3 Å². The van der Waals surface area contributed by atoms with Gasteiger partial charge in [-0.05, 0) is 43.5 Å². The molecule has 1 saturated carbocycles. The third-order valence-corrected chi connectivity index (χ3v) is 4.10. The van der Waals surface area contributed by atoms with E-state index in [1.807, 2.05) is 0 Å². The highest BCUT2D eigenvalue weighted by Crippen LogP contribution is 2.24. The summed E-state index contributed by atoms with van der Waals surface area (Å²) in [5, 5.41) is 12.7. The van der Waals surface area contributed by atoms with Crippen LogP contribution < -0.4 is 15.8 Å². The Morgan fingerprint density at radius 3 is 2.65 bits per heavy atom. The van der Waals surface area contributed by atoms with E-state index >= 15 is 0 Å². The summed E-state index contributed by atoms with van der Waals surface area (Å²) in [6.45, 7) is 0.306. The van der Waals surface area contributed by atoms with Gasteiger partial charge in [-0.25, -0.2) is 0 Å². The summed E-state index contributed by atoms with van der Waals surface area (Å²) in [6.07, 6.45) is 3.21. The first kappa shape index (κ1) is 17.7. The predicted molar refractivity (Wildman–Crippen MR) is 88.4 cm³/mol. The molecule has 6 heteroatoms. The van der Waals surface area contributed by atoms with Crippen molar-refractivity contribution in [2.24, 2.45) is 5.73 Å². The molecule has 6 nitrogen and oxygen atoms in total. The lowest BCUT2D eigenvalue weighted by atomic mass is 9.95. The number of carbonyl (C=O) groups is 1. The quantitative estimate of drug-likeness (QED) is 0.710. The van der Waals surface area contributed by atoms with Crippen molar-refractivity contribution in [3.8, 4) is 5.75 Å². The molecule has 1 aliphatic carbocycles. The van der Waals surface area contributed by atoms with Gasteiger partial charge in [-0.2, -0.15) is 0 Å². The molecule has 0 spiro atoms. The number of aliphatic hydroxyl groups excluding tert-OH is 1. The molecular formula is C17H26N2O4.